The van der Waals surface area contributed by atoms with E-state index >= 15 is 0 Å². The quantitative estimate of drug-likeness (QED) is 0.687. The Morgan fingerprint density at radius 1 is 1.25 bits per heavy atom. The van der Waals surface area contributed by atoms with Gasteiger partial charge in [-0.1, -0.05) is 0 Å². The molecule has 0 fully saturated rings. The van der Waals surface area contributed by atoms with Gasteiger partial charge in [0, 0.05) is 11.8 Å². The second kappa shape index (κ2) is 4.37. The first-order valence-electron chi connectivity index (χ1n) is 6.02. The highest BCUT2D eigenvalue weighted by Gasteiger charge is 2.08. The lowest BCUT2D eigenvalue weighted by Gasteiger charge is -2.10. The third-order valence-corrected chi connectivity index (χ3v) is 3.06. The van der Waals surface area contributed by atoms with Gasteiger partial charge in [-0.25, -0.2) is 19.3 Å². The summed E-state index contributed by atoms with van der Waals surface area (Å²) in [4.78, 5) is 15.4. The minimum absolute atomic E-state index is 0.335. The van der Waals surface area contributed by atoms with Gasteiger partial charge in [-0.3, -0.25) is 0 Å². The molecule has 0 radical (unpaired) electrons. The lowest BCUT2D eigenvalue weighted by Crippen LogP contribution is -2.09. The van der Waals surface area contributed by atoms with Crippen LogP contribution >= 0.6 is 0 Å². The second-order valence-corrected chi connectivity index (χ2v) is 4.56. The Kier molecular flexibility index (Phi) is 2.67. The number of anilines is 1. The Balaban J connectivity index is 2.00. The van der Waals surface area contributed by atoms with Crippen LogP contribution in [0.25, 0.3) is 5.65 Å². The number of aromatic amines is 1. The molecule has 20 heavy (non-hydrogen) atoms. The molecule has 0 aliphatic heterocycles. The summed E-state index contributed by atoms with van der Waals surface area (Å²) in [5.41, 5.74) is 8.51. The van der Waals surface area contributed by atoms with Gasteiger partial charge in [0.25, 0.3) is 0 Å². The van der Waals surface area contributed by atoms with E-state index in [0.29, 0.717) is 17.3 Å². The Labute approximate surface area is 114 Å². The molecule has 0 saturated heterocycles. The number of hydrogen-bond acceptors (Lipinski definition) is 5. The van der Waals surface area contributed by atoms with Crippen molar-refractivity contribution in [2.45, 2.75) is 13.8 Å². The Hall–Kier alpha value is -2.83. The average Bonchev–Trinajstić information content (AvgIpc) is 2.77. The molecule has 0 saturated carbocycles. The first-order valence-corrected chi connectivity index (χ1v) is 6.02. The van der Waals surface area contributed by atoms with E-state index in [1.54, 1.807) is 6.07 Å². The highest BCUT2D eigenvalue weighted by molar-refractivity contribution is 5.54. The van der Waals surface area contributed by atoms with Crippen LogP contribution in [0.15, 0.2) is 29.3 Å². The third-order valence-electron chi connectivity index (χ3n) is 3.06. The molecule has 0 bridgehead atoms. The van der Waals surface area contributed by atoms with Gasteiger partial charge < -0.3 is 10.5 Å². The summed E-state index contributed by atoms with van der Waals surface area (Å²) in [7, 11) is 0. The van der Waals surface area contributed by atoms with Crippen LogP contribution in [-0.2, 0) is 0 Å². The number of hydrogen-bond donors (Lipinski definition) is 2. The highest BCUT2D eigenvalue weighted by atomic mass is 16.5. The molecule has 1 aromatic carbocycles. The van der Waals surface area contributed by atoms with Gasteiger partial charge in [0.15, 0.2) is 5.65 Å². The van der Waals surface area contributed by atoms with Crippen molar-refractivity contribution >= 4 is 11.3 Å². The van der Waals surface area contributed by atoms with E-state index in [1.165, 1.54) is 10.7 Å². The summed E-state index contributed by atoms with van der Waals surface area (Å²) in [5, 5.41) is 6.20. The molecule has 0 atom stereocenters. The zero-order chi connectivity index (χ0) is 14.3. The standard InChI is InChI=1S/C13H13N5O2/c1-7-4-10(8(2)3-9(7)14)20-12-5-11-16-17-13(19)18(11)6-15-12/h3-6H,14H2,1-2H3,(H,17,19). The third kappa shape index (κ3) is 1.99. The molecule has 0 unspecified atom stereocenters. The first-order chi connectivity index (χ1) is 9.54. The zero-order valence-corrected chi connectivity index (χ0v) is 11.0. The number of nitrogens with two attached hydrogens (primary N) is 1. The molecule has 7 nitrogen and oxygen atoms in total. The predicted molar refractivity (Wildman–Crippen MR) is 74.0 cm³/mol. The average molecular weight is 271 g/mol. The van der Waals surface area contributed by atoms with Crippen LogP contribution in [0.2, 0.25) is 0 Å². The molecular formula is C13H13N5O2. The fourth-order valence-electron chi connectivity index (χ4n) is 1.88. The number of nitrogens with one attached hydrogen (secondary N) is 1. The van der Waals surface area contributed by atoms with Crippen LogP contribution in [-0.4, -0.2) is 19.6 Å². The van der Waals surface area contributed by atoms with Crippen molar-refractivity contribution in [2.24, 2.45) is 0 Å². The topological polar surface area (TPSA) is 98.3 Å². The molecule has 102 valence electrons. The van der Waals surface area contributed by atoms with Crippen molar-refractivity contribution in [1.29, 1.82) is 0 Å². The van der Waals surface area contributed by atoms with Crippen molar-refractivity contribution in [3.63, 3.8) is 0 Å². The van der Waals surface area contributed by atoms with Crippen molar-refractivity contribution in [3.05, 3.63) is 46.1 Å². The van der Waals surface area contributed by atoms with E-state index < -0.39 is 0 Å². The number of aromatic nitrogens is 4. The van der Waals surface area contributed by atoms with Crippen molar-refractivity contribution in [3.8, 4) is 11.6 Å². The highest BCUT2D eigenvalue weighted by Crippen LogP contribution is 2.28. The van der Waals surface area contributed by atoms with E-state index in [0.717, 1.165) is 16.8 Å². The number of aryl methyl sites for hydroxylation is 2. The van der Waals surface area contributed by atoms with Gasteiger partial charge in [-0.15, -0.1) is 0 Å². The van der Waals surface area contributed by atoms with Gasteiger partial charge in [0.2, 0.25) is 5.88 Å². The fourth-order valence-corrected chi connectivity index (χ4v) is 1.88. The van der Waals surface area contributed by atoms with E-state index in [-0.39, 0.29) is 5.69 Å². The first kappa shape index (κ1) is 12.2. The molecule has 3 aromatic rings. The lowest BCUT2D eigenvalue weighted by atomic mass is 10.1. The maximum absolute atomic E-state index is 11.3. The number of ether oxygens (including phenoxy) is 1. The summed E-state index contributed by atoms with van der Waals surface area (Å²) in [6.07, 6.45) is 1.37. The van der Waals surface area contributed by atoms with Crippen LogP contribution in [0.4, 0.5) is 5.69 Å². The normalized spacial score (nSPS) is 10.9. The van der Waals surface area contributed by atoms with Crippen LogP contribution in [0.3, 0.4) is 0 Å². The monoisotopic (exact) mass is 271 g/mol. The van der Waals surface area contributed by atoms with Crippen LogP contribution < -0.4 is 16.2 Å². The smallest absolute Gasteiger partial charge is 0.348 e. The van der Waals surface area contributed by atoms with E-state index in [4.69, 9.17) is 10.5 Å². The van der Waals surface area contributed by atoms with E-state index in [9.17, 15) is 4.79 Å². The number of rotatable bonds is 2. The van der Waals surface area contributed by atoms with E-state index in [2.05, 4.69) is 15.2 Å². The largest absolute Gasteiger partial charge is 0.439 e. The predicted octanol–water partition coefficient (Wildman–Crippen LogP) is 1.41. The molecule has 0 spiro atoms. The molecule has 0 amide bonds. The zero-order valence-electron chi connectivity index (χ0n) is 11.0. The number of nitrogens with zero attached hydrogens (tertiary/aromatic N) is 3. The minimum atomic E-state index is -0.335. The molecule has 2 aromatic heterocycles. The van der Waals surface area contributed by atoms with Gasteiger partial charge >= 0.3 is 5.69 Å². The lowest BCUT2D eigenvalue weighted by molar-refractivity contribution is 0.458. The van der Waals surface area contributed by atoms with Gasteiger partial charge in [0.05, 0.1) is 0 Å². The van der Waals surface area contributed by atoms with Crippen molar-refractivity contribution < 1.29 is 4.74 Å². The summed E-state index contributed by atoms with van der Waals surface area (Å²) >= 11 is 0. The SMILES string of the molecule is Cc1cc(Oc2cc3n[nH]c(=O)n3cn2)c(C)cc1N. The Morgan fingerprint density at radius 3 is 2.85 bits per heavy atom. The van der Waals surface area contributed by atoms with Gasteiger partial charge in [-0.05, 0) is 37.1 Å². The summed E-state index contributed by atoms with van der Waals surface area (Å²) in [6.45, 7) is 3.81. The van der Waals surface area contributed by atoms with Gasteiger partial charge in [0.1, 0.15) is 12.1 Å². The molecule has 3 rings (SSSR count). The number of nitrogen functional groups attached to an aromatic ring is 1. The van der Waals surface area contributed by atoms with E-state index in [1.807, 2.05) is 26.0 Å². The molecular weight excluding hydrogens is 258 g/mol. The molecule has 7 heteroatoms. The molecule has 0 aliphatic rings. The summed E-state index contributed by atoms with van der Waals surface area (Å²) in [6, 6.07) is 5.29. The van der Waals surface area contributed by atoms with Crippen molar-refractivity contribution in [2.75, 3.05) is 5.73 Å². The maximum atomic E-state index is 11.3. The van der Waals surface area contributed by atoms with Crippen LogP contribution in [0.1, 0.15) is 11.1 Å². The fraction of sp³-hybridized carbons (Fsp3) is 0.154. The second-order valence-electron chi connectivity index (χ2n) is 4.56. The van der Waals surface area contributed by atoms with Crippen LogP contribution in [0, 0.1) is 13.8 Å². The molecule has 2 heterocycles. The molecule has 0 aliphatic carbocycles. The van der Waals surface area contributed by atoms with Crippen molar-refractivity contribution in [1.82, 2.24) is 19.6 Å². The van der Waals surface area contributed by atoms with Gasteiger partial charge in [-0.2, -0.15) is 5.10 Å². The Bertz CT molecular complexity index is 850. The number of H-pyrrole nitrogens is 1. The Morgan fingerprint density at radius 2 is 2.05 bits per heavy atom. The number of fused-ring (bicyclic) bond motifs is 1. The minimum Gasteiger partial charge on any atom is -0.439 e. The molecule has 3 N–H and O–H groups in total. The summed E-state index contributed by atoms with van der Waals surface area (Å²) in [5.74, 6) is 1.04. The summed E-state index contributed by atoms with van der Waals surface area (Å²) < 4.78 is 7.03. The number of benzene rings is 1. The maximum Gasteiger partial charge on any atom is 0.348 e. The van der Waals surface area contributed by atoms with Crippen LogP contribution in [0.5, 0.6) is 11.6 Å².